The molecule has 0 saturated heterocycles. The first-order chi connectivity index (χ1) is 9.36. The maximum Gasteiger partial charge on any atom is 0.265 e. The molecule has 0 amide bonds. The summed E-state index contributed by atoms with van der Waals surface area (Å²) in [5.41, 5.74) is 0.843. The van der Waals surface area contributed by atoms with Crippen LogP contribution >= 0.6 is 26.6 Å². The van der Waals surface area contributed by atoms with Gasteiger partial charge in [0.1, 0.15) is 23.1 Å². The Kier molecular flexibility index (Phi) is 4.67. The third-order valence-corrected chi connectivity index (χ3v) is 4.35. The molecule has 2 aromatic carbocycles. The Labute approximate surface area is 128 Å². The number of halogens is 3. The zero-order valence-electron chi connectivity index (χ0n) is 10.0. The molecular formula is C13H9BrClFO3S. The Morgan fingerprint density at radius 1 is 1.15 bits per heavy atom. The van der Waals surface area contributed by atoms with Crippen molar-refractivity contribution in [3.05, 3.63) is 58.3 Å². The van der Waals surface area contributed by atoms with E-state index in [1.807, 2.05) is 24.3 Å². The van der Waals surface area contributed by atoms with Gasteiger partial charge >= 0.3 is 0 Å². The molecule has 0 aliphatic carbocycles. The van der Waals surface area contributed by atoms with Gasteiger partial charge in [0, 0.05) is 15.2 Å². The van der Waals surface area contributed by atoms with Gasteiger partial charge in [-0.15, -0.1) is 0 Å². The maximum atomic E-state index is 13.1. The summed E-state index contributed by atoms with van der Waals surface area (Å²) in [5.74, 6) is -0.676. The van der Waals surface area contributed by atoms with Gasteiger partial charge in [0.25, 0.3) is 9.05 Å². The van der Waals surface area contributed by atoms with E-state index in [1.165, 1.54) is 6.07 Å². The summed E-state index contributed by atoms with van der Waals surface area (Å²) in [6, 6.07) is 10.5. The molecule has 0 spiro atoms. The molecule has 20 heavy (non-hydrogen) atoms. The van der Waals surface area contributed by atoms with E-state index in [0.29, 0.717) is 0 Å². The molecule has 0 heterocycles. The smallest absolute Gasteiger partial charge is 0.265 e. The Morgan fingerprint density at radius 2 is 1.80 bits per heavy atom. The first-order valence-corrected chi connectivity index (χ1v) is 8.58. The fourth-order valence-electron chi connectivity index (χ4n) is 1.53. The minimum atomic E-state index is -4.07. The highest BCUT2D eigenvalue weighted by Crippen LogP contribution is 2.28. The van der Waals surface area contributed by atoms with Crippen molar-refractivity contribution >= 4 is 35.7 Å². The first-order valence-electron chi connectivity index (χ1n) is 5.48. The van der Waals surface area contributed by atoms with Crippen LogP contribution in [-0.2, 0) is 15.7 Å². The highest BCUT2D eigenvalue weighted by molar-refractivity contribution is 9.10. The molecule has 0 aliphatic heterocycles. The zero-order valence-corrected chi connectivity index (χ0v) is 13.2. The van der Waals surface area contributed by atoms with Crippen LogP contribution in [0.5, 0.6) is 5.75 Å². The zero-order chi connectivity index (χ0) is 14.8. The maximum absolute atomic E-state index is 13.1. The van der Waals surface area contributed by atoms with Crippen molar-refractivity contribution < 1.29 is 17.5 Å². The van der Waals surface area contributed by atoms with Crippen LogP contribution in [0.2, 0.25) is 0 Å². The van der Waals surface area contributed by atoms with Gasteiger partial charge in [0.05, 0.1) is 0 Å². The van der Waals surface area contributed by atoms with Crippen LogP contribution in [0.15, 0.2) is 51.8 Å². The summed E-state index contributed by atoms with van der Waals surface area (Å²) in [6.07, 6.45) is 0. The third kappa shape index (κ3) is 3.94. The van der Waals surface area contributed by atoms with Gasteiger partial charge < -0.3 is 4.74 Å². The van der Waals surface area contributed by atoms with Crippen LogP contribution < -0.4 is 4.74 Å². The van der Waals surface area contributed by atoms with Crippen LogP contribution in [0.3, 0.4) is 0 Å². The average molecular weight is 380 g/mol. The van der Waals surface area contributed by atoms with E-state index in [1.54, 1.807) is 0 Å². The monoisotopic (exact) mass is 378 g/mol. The number of hydrogen-bond donors (Lipinski definition) is 0. The summed E-state index contributed by atoms with van der Waals surface area (Å²) in [6.45, 7) is 0.151. The number of ether oxygens (including phenoxy) is 1. The topological polar surface area (TPSA) is 43.4 Å². The van der Waals surface area contributed by atoms with E-state index >= 15 is 0 Å². The van der Waals surface area contributed by atoms with Gasteiger partial charge in [-0.25, -0.2) is 12.8 Å². The summed E-state index contributed by atoms with van der Waals surface area (Å²) >= 11 is 3.31. The predicted molar refractivity (Wildman–Crippen MR) is 77.9 cm³/mol. The largest absolute Gasteiger partial charge is 0.487 e. The molecule has 0 atom stereocenters. The molecule has 3 nitrogen and oxygen atoms in total. The normalized spacial score (nSPS) is 11.3. The molecule has 106 valence electrons. The molecule has 0 aromatic heterocycles. The molecule has 0 radical (unpaired) electrons. The summed E-state index contributed by atoms with van der Waals surface area (Å²) in [4.78, 5) is -0.378. The van der Waals surface area contributed by atoms with Crippen molar-refractivity contribution in [1.82, 2.24) is 0 Å². The quantitative estimate of drug-likeness (QED) is 0.751. The van der Waals surface area contributed by atoms with Gasteiger partial charge in [-0.3, -0.25) is 0 Å². The molecule has 7 heteroatoms. The molecule has 0 fully saturated rings. The second-order valence-electron chi connectivity index (χ2n) is 3.94. The van der Waals surface area contributed by atoms with Crippen LogP contribution in [0.1, 0.15) is 5.56 Å². The third-order valence-electron chi connectivity index (χ3n) is 2.48. The van der Waals surface area contributed by atoms with Gasteiger partial charge in [-0.2, -0.15) is 0 Å². The lowest BCUT2D eigenvalue weighted by atomic mass is 10.2. The van der Waals surface area contributed by atoms with E-state index < -0.39 is 14.9 Å². The average Bonchev–Trinajstić information content (AvgIpc) is 2.38. The second kappa shape index (κ2) is 6.11. The lowest BCUT2D eigenvalue weighted by molar-refractivity contribution is 0.297. The molecular weight excluding hydrogens is 371 g/mol. The molecule has 2 aromatic rings. The lowest BCUT2D eigenvalue weighted by Crippen LogP contribution is -2.01. The van der Waals surface area contributed by atoms with Crippen LogP contribution in [0.4, 0.5) is 4.39 Å². The van der Waals surface area contributed by atoms with Crippen molar-refractivity contribution in [3.63, 3.8) is 0 Å². The number of rotatable bonds is 4. The highest BCUT2D eigenvalue weighted by atomic mass is 79.9. The summed E-state index contributed by atoms with van der Waals surface area (Å²) < 4.78 is 42.2. The van der Waals surface area contributed by atoms with E-state index in [2.05, 4.69) is 15.9 Å². The summed E-state index contributed by atoms with van der Waals surface area (Å²) in [5, 5.41) is 0. The molecule has 0 saturated carbocycles. The van der Waals surface area contributed by atoms with Crippen LogP contribution in [0.25, 0.3) is 0 Å². The van der Waals surface area contributed by atoms with Gasteiger partial charge in [-0.1, -0.05) is 28.1 Å². The van der Waals surface area contributed by atoms with E-state index in [4.69, 9.17) is 15.4 Å². The summed E-state index contributed by atoms with van der Waals surface area (Å²) in [7, 11) is 1.19. The second-order valence-corrected chi connectivity index (χ2v) is 7.39. The van der Waals surface area contributed by atoms with Gasteiger partial charge in [0.2, 0.25) is 0 Å². The SMILES string of the molecule is O=S(=O)(Cl)c1cc(F)ccc1OCc1ccc(Br)cc1. The number of hydrogen-bond acceptors (Lipinski definition) is 3. The van der Waals surface area contributed by atoms with E-state index in [-0.39, 0.29) is 17.3 Å². The van der Waals surface area contributed by atoms with Crippen molar-refractivity contribution in [2.45, 2.75) is 11.5 Å². The molecule has 0 bridgehead atoms. The van der Waals surface area contributed by atoms with Crippen LogP contribution in [-0.4, -0.2) is 8.42 Å². The minimum absolute atomic E-state index is 0.0179. The van der Waals surface area contributed by atoms with Crippen molar-refractivity contribution in [2.24, 2.45) is 0 Å². The van der Waals surface area contributed by atoms with Crippen LogP contribution in [0, 0.1) is 5.82 Å². The Hall–Kier alpha value is -1.11. The molecule has 2 rings (SSSR count). The Bertz CT molecular complexity index is 717. The van der Waals surface area contributed by atoms with E-state index in [0.717, 1.165) is 22.2 Å². The minimum Gasteiger partial charge on any atom is -0.487 e. The molecule has 0 N–H and O–H groups in total. The highest BCUT2D eigenvalue weighted by Gasteiger charge is 2.18. The van der Waals surface area contributed by atoms with Crippen molar-refractivity contribution in [3.8, 4) is 5.75 Å². The van der Waals surface area contributed by atoms with Crippen molar-refractivity contribution in [2.75, 3.05) is 0 Å². The predicted octanol–water partition coefficient (Wildman–Crippen LogP) is 4.09. The fraction of sp³-hybridized carbons (Fsp3) is 0.0769. The first kappa shape index (κ1) is 15.3. The standard InChI is InChI=1S/C13H9BrClFO3S/c14-10-3-1-9(2-4-10)8-19-12-6-5-11(16)7-13(12)20(15,17)18/h1-7H,8H2. The van der Waals surface area contributed by atoms with Gasteiger partial charge in [-0.05, 0) is 35.9 Å². The Morgan fingerprint density at radius 3 is 2.40 bits per heavy atom. The number of benzene rings is 2. The fourth-order valence-corrected chi connectivity index (χ4v) is 2.78. The molecule has 0 aliphatic rings. The van der Waals surface area contributed by atoms with E-state index in [9.17, 15) is 12.8 Å². The molecule has 0 unspecified atom stereocenters. The van der Waals surface area contributed by atoms with Crippen molar-refractivity contribution in [1.29, 1.82) is 0 Å². The lowest BCUT2D eigenvalue weighted by Gasteiger charge is -2.10. The Balaban J connectivity index is 2.23. The van der Waals surface area contributed by atoms with Gasteiger partial charge in [0.15, 0.2) is 0 Å².